The van der Waals surface area contributed by atoms with E-state index in [9.17, 15) is 4.39 Å². The Morgan fingerprint density at radius 3 is 2.62 bits per heavy atom. The molecule has 4 heteroatoms. The van der Waals surface area contributed by atoms with E-state index < -0.39 is 5.82 Å². The van der Waals surface area contributed by atoms with E-state index in [2.05, 4.69) is 4.98 Å². The topological polar surface area (TPSA) is 22.1 Å². The number of ether oxygens (including phenoxy) is 1. The molecule has 0 unspecified atom stereocenters. The highest BCUT2D eigenvalue weighted by Gasteiger charge is 1.98. The number of pyridine rings is 1. The number of aromatic nitrogens is 1. The van der Waals surface area contributed by atoms with Crippen molar-refractivity contribution in [1.82, 2.24) is 4.98 Å². The summed E-state index contributed by atoms with van der Waals surface area (Å²) in [4.78, 5) is 3.69. The Morgan fingerprint density at radius 1 is 1.19 bits per heavy atom. The Labute approximate surface area is 97.7 Å². The third-order valence-corrected chi connectivity index (χ3v) is 2.25. The van der Waals surface area contributed by atoms with Gasteiger partial charge in [0.05, 0.1) is 12.4 Å². The van der Waals surface area contributed by atoms with Crippen molar-refractivity contribution >= 4 is 11.6 Å². The molecular weight excluding hydrogens is 229 g/mol. The number of halogens is 2. The van der Waals surface area contributed by atoms with Gasteiger partial charge in [0.15, 0.2) is 0 Å². The molecule has 0 aliphatic rings. The molecule has 2 aromatic rings. The van der Waals surface area contributed by atoms with Gasteiger partial charge in [-0.25, -0.2) is 4.39 Å². The van der Waals surface area contributed by atoms with Gasteiger partial charge >= 0.3 is 0 Å². The van der Waals surface area contributed by atoms with Gasteiger partial charge < -0.3 is 4.74 Å². The number of rotatable bonds is 3. The highest BCUT2D eigenvalue weighted by atomic mass is 35.5. The predicted molar refractivity (Wildman–Crippen MR) is 60.0 cm³/mol. The molecule has 0 spiro atoms. The minimum atomic E-state index is -0.409. The van der Waals surface area contributed by atoms with Crippen molar-refractivity contribution in [2.45, 2.75) is 6.61 Å². The molecular formula is C12H9ClFNO. The lowest BCUT2D eigenvalue weighted by Crippen LogP contribution is -1.95. The Kier molecular flexibility index (Phi) is 3.37. The maximum atomic E-state index is 12.8. The van der Waals surface area contributed by atoms with Crippen LogP contribution in [0.25, 0.3) is 0 Å². The summed E-state index contributed by atoms with van der Waals surface area (Å²) in [6.45, 7) is 0.363. The summed E-state index contributed by atoms with van der Waals surface area (Å²) in [5.41, 5.74) is 0.966. The van der Waals surface area contributed by atoms with Gasteiger partial charge in [0, 0.05) is 11.1 Å². The van der Waals surface area contributed by atoms with E-state index in [-0.39, 0.29) is 0 Å². The van der Waals surface area contributed by atoms with Crippen molar-refractivity contribution in [2.24, 2.45) is 0 Å². The Hall–Kier alpha value is -1.61. The first kappa shape index (κ1) is 10.9. The van der Waals surface area contributed by atoms with Gasteiger partial charge in [0.2, 0.25) is 0 Å². The van der Waals surface area contributed by atoms with Crippen LogP contribution in [0.2, 0.25) is 5.02 Å². The summed E-state index contributed by atoms with van der Waals surface area (Å²) in [6, 6.07) is 8.57. The fourth-order valence-electron chi connectivity index (χ4n) is 1.22. The van der Waals surface area contributed by atoms with Crippen molar-refractivity contribution in [3.63, 3.8) is 0 Å². The van der Waals surface area contributed by atoms with Crippen LogP contribution < -0.4 is 4.74 Å². The molecule has 0 bridgehead atoms. The maximum Gasteiger partial charge on any atom is 0.145 e. The molecule has 0 radical (unpaired) electrons. The number of nitrogens with zero attached hydrogens (tertiary/aromatic N) is 1. The van der Waals surface area contributed by atoms with E-state index in [1.807, 2.05) is 12.1 Å². The summed E-state index contributed by atoms with van der Waals surface area (Å²) >= 11 is 5.75. The Bertz CT molecular complexity index is 473. The second-order valence-corrected chi connectivity index (χ2v) is 3.69. The van der Waals surface area contributed by atoms with E-state index in [0.717, 1.165) is 11.8 Å². The van der Waals surface area contributed by atoms with Gasteiger partial charge in [0.25, 0.3) is 0 Å². The van der Waals surface area contributed by atoms with Crippen molar-refractivity contribution in [3.8, 4) is 5.75 Å². The molecule has 1 heterocycles. The molecule has 0 fully saturated rings. The van der Waals surface area contributed by atoms with Crippen molar-refractivity contribution in [3.05, 3.63) is 59.1 Å². The van der Waals surface area contributed by atoms with E-state index in [1.54, 1.807) is 12.1 Å². The quantitative estimate of drug-likeness (QED) is 0.816. The molecule has 0 N–H and O–H groups in total. The van der Waals surface area contributed by atoms with Gasteiger partial charge in [-0.2, -0.15) is 0 Å². The van der Waals surface area contributed by atoms with Crippen molar-refractivity contribution < 1.29 is 9.13 Å². The lowest BCUT2D eigenvalue weighted by atomic mass is 10.2. The van der Waals surface area contributed by atoms with Crippen LogP contribution in [0.1, 0.15) is 5.56 Å². The molecule has 16 heavy (non-hydrogen) atoms. The monoisotopic (exact) mass is 237 g/mol. The molecule has 0 aliphatic heterocycles. The van der Waals surface area contributed by atoms with E-state index in [0.29, 0.717) is 17.4 Å². The third-order valence-electron chi connectivity index (χ3n) is 2.00. The summed E-state index contributed by atoms with van der Waals surface area (Å²) in [6.07, 6.45) is 2.61. The van der Waals surface area contributed by atoms with Crippen LogP contribution in [0.4, 0.5) is 4.39 Å². The fourth-order valence-corrected chi connectivity index (χ4v) is 1.34. The fraction of sp³-hybridized carbons (Fsp3) is 0.0833. The highest BCUT2D eigenvalue weighted by Crippen LogP contribution is 2.14. The maximum absolute atomic E-state index is 12.8. The standard InChI is InChI=1S/C12H9ClFNO/c13-10-3-1-9(2-4-10)8-16-12-5-11(14)6-15-7-12/h1-7H,8H2. The predicted octanol–water partition coefficient (Wildman–Crippen LogP) is 3.45. The molecule has 0 saturated heterocycles. The normalized spacial score (nSPS) is 10.1. The average Bonchev–Trinajstić information content (AvgIpc) is 2.28. The van der Waals surface area contributed by atoms with Crippen LogP contribution in [0, 0.1) is 5.82 Å². The summed E-state index contributed by atoms with van der Waals surface area (Å²) in [5, 5.41) is 0.677. The lowest BCUT2D eigenvalue weighted by Gasteiger charge is -2.05. The SMILES string of the molecule is Fc1cncc(OCc2ccc(Cl)cc2)c1. The van der Waals surface area contributed by atoms with E-state index >= 15 is 0 Å². The first-order chi connectivity index (χ1) is 7.74. The number of benzene rings is 1. The Morgan fingerprint density at radius 2 is 1.94 bits per heavy atom. The molecule has 82 valence electrons. The minimum absolute atomic E-state index is 0.363. The molecule has 0 amide bonds. The zero-order valence-electron chi connectivity index (χ0n) is 8.36. The summed E-state index contributed by atoms with van der Waals surface area (Å²) < 4.78 is 18.2. The van der Waals surface area contributed by atoms with Crippen LogP contribution in [0.5, 0.6) is 5.75 Å². The lowest BCUT2D eigenvalue weighted by molar-refractivity contribution is 0.303. The van der Waals surface area contributed by atoms with Gasteiger partial charge in [-0.3, -0.25) is 4.98 Å². The van der Waals surface area contributed by atoms with Crippen LogP contribution in [-0.2, 0) is 6.61 Å². The number of hydrogen-bond donors (Lipinski definition) is 0. The van der Waals surface area contributed by atoms with Crippen molar-refractivity contribution in [2.75, 3.05) is 0 Å². The second kappa shape index (κ2) is 4.94. The zero-order chi connectivity index (χ0) is 11.4. The van der Waals surface area contributed by atoms with Gasteiger partial charge in [0.1, 0.15) is 18.2 Å². The molecule has 0 saturated carbocycles. The van der Waals surface area contributed by atoms with Gasteiger partial charge in [-0.05, 0) is 17.7 Å². The molecule has 1 aromatic heterocycles. The van der Waals surface area contributed by atoms with Gasteiger partial charge in [-0.1, -0.05) is 23.7 Å². The smallest absolute Gasteiger partial charge is 0.145 e. The molecule has 2 rings (SSSR count). The third kappa shape index (κ3) is 2.94. The van der Waals surface area contributed by atoms with E-state index in [1.165, 1.54) is 12.3 Å². The van der Waals surface area contributed by atoms with Crippen LogP contribution in [-0.4, -0.2) is 4.98 Å². The molecule has 2 nitrogen and oxygen atoms in total. The number of hydrogen-bond acceptors (Lipinski definition) is 2. The second-order valence-electron chi connectivity index (χ2n) is 3.25. The van der Waals surface area contributed by atoms with Gasteiger partial charge in [-0.15, -0.1) is 0 Å². The first-order valence-electron chi connectivity index (χ1n) is 4.72. The first-order valence-corrected chi connectivity index (χ1v) is 5.09. The molecule has 0 aliphatic carbocycles. The van der Waals surface area contributed by atoms with Crippen molar-refractivity contribution in [1.29, 1.82) is 0 Å². The summed E-state index contributed by atoms with van der Waals surface area (Å²) in [7, 11) is 0. The molecule has 0 atom stereocenters. The summed E-state index contributed by atoms with van der Waals surface area (Å²) in [5.74, 6) is 0.00329. The van der Waals surface area contributed by atoms with E-state index in [4.69, 9.17) is 16.3 Å². The van der Waals surface area contributed by atoms with Crippen LogP contribution in [0.15, 0.2) is 42.7 Å². The van der Waals surface area contributed by atoms with Crippen LogP contribution >= 0.6 is 11.6 Å². The molecule has 1 aromatic carbocycles. The minimum Gasteiger partial charge on any atom is -0.487 e. The Balaban J connectivity index is 1.99. The zero-order valence-corrected chi connectivity index (χ0v) is 9.12. The average molecular weight is 238 g/mol. The van der Waals surface area contributed by atoms with Crippen LogP contribution in [0.3, 0.4) is 0 Å². The largest absolute Gasteiger partial charge is 0.487 e. The highest BCUT2D eigenvalue weighted by molar-refractivity contribution is 6.30.